The maximum Gasteiger partial charge on any atom is 0.263 e. The topological polar surface area (TPSA) is 73.2 Å². The molecule has 0 unspecified atom stereocenters. The Morgan fingerprint density at radius 2 is 1.88 bits per heavy atom. The second-order valence-electron chi connectivity index (χ2n) is 5.55. The highest BCUT2D eigenvalue weighted by Crippen LogP contribution is 2.37. The molecule has 25 heavy (non-hydrogen) atoms. The maximum absolute atomic E-state index is 12.5. The van der Waals surface area contributed by atoms with Gasteiger partial charge in [-0.05, 0) is 23.8 Å². The summed E-state index contributed by atoms with van der Waals surface area (Å²) in [4.78, 5) is 26.4. The molecular weight excluding hydrogens is 338 g/mol. The van der Waals surface area contributed by atoms with E-state index in [4.69, 9.17) is 11.6 Å². The fourth-order valence-electron chi connectivity index (χ4n) is 2.70. The summed E-state index contributed by atoms with van der Waals surface area (Å²) in [5, 5.41) is 12.7. The summed E-state index contributed by atoms with van der Waals surface area (Å²) in [7, 11) is 1.62. The normalized spacial score (nSPS) is 14.8. The van der Waals surface area contributed by atoms with Crippen LogP contribution in [0.25, 0.3) is 5.57 Å². The second kappa shape index (κ2) is 6.80. The minimum absolute atomic E-state index is 0.134. The molecule has 0 saturated heterocycles. The van der Waals surface area contributed by atoms with E-state index in [9.17, 15) is 14.9 Å². The summed E-state index contributed by atoms with van der Waals surface area (Å²) < 4.78 is 0. The SMILES string of the molecule is CN1C(=O)C(=C(C#N)C(=O)NCc2ccc(Cl)cc2)c2ccccc21. The lowest BCUT2D eigenvalue weighted by atomic mass is 10.0. The number of carbonyl (C=O) groups is 2. The molecular formula is C19H14ClN3O2. The van der Waals surface area contributed by atoms with Crippen molar-refractivity contribution in [3.05, 3.63) is 70.3 Å². The van der Waals surface area contributed by atoms with Crippen LogP contribution in [0.15, 0.2) is 54.1 Å². The predicted molar refractivity (Wildman–Crippen MR) is 95.7 cm³/mol. The molecule has 2 aromatic carbocycles. The van der Waals surface area contributed by atoms with E-state index < -0.39 is 5.91 Å². The zero-order chi connectivity index (χ0) is 18.0. The van der Waals surface area contributed by atoms with E-state index in [2.05, 4.69) is 5.32 Å². The molecule has 1 heterocycles. The first-order chi connectivity index (χ1) is 12.0. The Kier molecular flexibility index (Phi) is 4.55. The molecule has 0 saturated carbocycles. The third kappa shape index (κ3) is 3.12. The lowest BCUT2D eigenvalue weighted by Crippen LogP contribution is -2.27. The summed E-state index contributed by atoms with van der Waals surface area (Å²) in [6, 6.07) is 16.0. The van der Waals surface area contributed by atoms with Gasteiger partial charge in [-0.2, -0.15) is 5.26 Å². The number of anilines is 1. The zero-order valence-electron chi connectivity index (χ0n) is 13.4. The molecule has 6 heteroatoms. The van der Waals surface area contributed by atoms with Gasteiger partial charge in [0.15, 0.2) is 0 Å². The van der Waals surface area contributed by atoms with Crippen LogP contribution in [0.2, 0.25) is 5.02 Å². The van der Waals surface area contributed by atoms with E-state index in [1.54, 1.807) is 55.6 Å². The Hall–Kier alpha value is -3.10. The molecule has 0 aromatic heterocycles. The van der Waals surface area contributed by atoms with Gasteiger partial charge in [0.25, 0.3) is 11.8 Å². The summed E-state index contributed by atoms with van der Waals surface area (Å²) in [6.45, 7) is 0.236. The molecule has 124 valence electrons. The van der Waals surface area contributed by atoms with Gasteiger partial charge in [0.2, 0.25) is 0 Å². The van der Waals surface area contributed by atoms with Crippen LogP contribution < -0.4 is 10.2 Å². The van der Waals surface area contributed by atoms with Gasteiger partial charge in [0.05, 0.1) is 11.3 Å². The Labute approximate surface area is 150 Å². The number of hydrogen-bond acceptors (Lipinski definition) is 3. The van der Waals surface area contributed by atoms with Crippen LogP contribution in [0.3, 0.4) is 0 Å². The van der Waals surface area contributed by atoms with E-state index in [-0.39, 0.29) is 23.6 Å². The second-order valence-corrected chi connectivity index (χ2v) is 5.99. The molecule has 1 aliphatic heterocycles. The molecule has 0 bridgehead atoms. The monoisotopic (exact) mass is 351 g/mol. The molecule has 2 aromatic rings. The van der Waals surface area contributed by atoms with E-state index in [0.717, 1.165) is 5.56 Å². The number of fused-ring (bicyclic) bond motifs is 1. The van der Waals surface area contributed by atoms with Gasteiger partial charge in [-0.1, -0.05) is 41.9 Å². The maximum atomic E-state index is 12.5. The standard InChI is InChI=1S/C19H14ClN3O2/c1-23-16-5-3-2-4-14(16)17(19(23)25)15(10-21)18(24)22-11-12-6-8-13(20)9-7-12/h2-9H,11H2,1H3,(H,22,24). The number of para-hydroxylation sites is 1. The van der Waals surface area contributed by atoms with Crippen molar-refractivity contribution in [3.8, 4) is 6.07 Å². The lowest BCUT2D eigenvalue weighted by molar-refractivity contribution is -0.118. The summed E-state index contributed by atoms with van der Waals surface area (Å²) >= 11 is 5.83. The predicted octanol–water partition coefficient (Wildman–Crippen LogP) is 2.91. The van der Waals surface area contributed by atoms with Crippen LogP contribution in [0.4, 0.5) is 5.69 Å². The molecule has 0 atom stereocenters. The molecule has 0 aliphatic carbocycles. The minimum atomic E-state index is -0.578. The van der Waals surface area contributed by atoms with E-state index in [1.165, 1.54) is 4.90 Å². The number of amides is 2. The largest absolute Gasteiger partial charge is 0.347 e. The van der Waals surface area contributed by atoms with E-state index in [1.807, 2.05) is 6.07 Å². The number of nitrogens with one attached hydrogen (secondary N) is 1. The van der Waals surface area contributed by atoms with Crippen LogP contribution in [-0.4, -0.2) is 18.9 Å². The number of likely N-dealkylation sites (N-methyl/N-ethyl adjacent to an activating group) is 1. The molecule has 0 radical (unpaired) electrons. The van der Waals surface area contributed by atoms with Crippen molar-refractivity contribution in [2.45, 2.75) is 6.54 Å². The number of nitriles is 1. The molecule has 3 rings (SSSR count). The fraction of sp³-hybridized carbons (Fsp3) is 0.105. The molecule has 5 nitrogen and oxygen atoms in total. The van der Waals surface area contributed by atoms with Crippen molar-refractivity contribution in [1.29, 1.82) is 5.26 Å². The first kappa shape index (κ1) is 16.7. The van der Waals surface area contributed by atoms with Gasteiger partial charge in [-0.3, -0.25) is 9.59 Å². The zero-order valence-corrected chi connectivity index (χ0v) is 14.2. The van der Waals surface area contributed by atoms with E-state index >= 15 is 0 Å². The van der Waals surface area contributed by atoms with Crippen molar-refractivity contribution >= 4 is 34.7 Å². The average Bonchev–Trinajstić information content (AvgIpc) is 2.87. The van der Waals surface area contributed by atoms with Gasteiger partial charge in [0, 0.05) is 24.2 Å². The van der Waals surface area contributed by atoms with Crippen molar-refractivity contribution in [2.75, 3.05) is 11.9 Å². The van der Waals surface area contributed by atoms with Gasteiger partial charge >= 0.3 is 0 Å². The number of hydrogen-bond donors (Lipinski definition) is 1. The number of halogens is 1. The minimum Gasteiger partial charge on any atom is -0.347 e. The Balaban J connectivity index is 1.90. The molecule has 0 spiro atoms. The number of benzene rings is 2. The average molecular weight is 352 g/mol. The molecule has 0 fully saturated rings. The van der Waals surface area contributed by atoms with Gasteiger partial charge < -0.3 is 10.2 Å². The van der Waals surface area contributed by atoms with Crippen LogP contribution in [-0.2, 0) is 16.1 Å². The lowest BCUT2D eigenvalue weighted by Gasteiger charge is -2.08. The molecule has 1 N–H and O–H groups in total. The van der Waals surface area contributed by atoms with Gasteiger partial charge in [-0.25, -0.2) is 0 Å². The van der Waals surface area contributed by atoms with Gasteiger partial charge in [0.1, 0.15) is 11.6 Å². The Bertz CT molecular complexity index is 926. The first-order valence-corrected chi connectivity index (χ1v) is 7.95. The van der Waals surface area contributed by atoms with Crippen molar-refractivity contribution < 1.29 is 9.59 Å². The fourth-order valence-corrected chi connectivity index (χ4v) is 2.83. The number of nitrogens with zero attached hydrogens (tertiary/aromatic N) is 2. The number of rotatable bonds is 3. The Morgan fingerprint density at radius 1 is 1.20 bits per heavy atom. The molecule has 1 aliphatic rings. The van der Waals surface area contributed by atoms with Crippen LogP contribution in [0, 0.1) is 11.3 Å². The highest BCUT2D eigenvalue weighted by Gasteiger charge is 2.34. The number of carbonyl (C=O) groups excluding carboxylic acids is 2. The highest BCUT2D eigenvalue weighted by molar-refractivity contribution is 6.36. The summed E-state index contributed by atoms with van der Waals surface area (Å²) in [5.41, 5.74) is 2.06. The summed E-state index contributed by atoms with van der Waals surface area (Å²) in [5.74, 6) is -0.940. The third-order valence-corrected chi connectivity index (χ3v) is 4.26. The summed E-state index contributed by atoms with van der Waals surface area (Å²) in [6.07, 6.45) is 0. The first-order valence-electron chi connectivity index (χ1n) is 7.57. The smallest absolute Gasteiger partial charge is 0.263 e. The van der Waals surface area contributed by atoms with Gasteiger partial charge in [-0.15, -0.1) is 0 Å². The third-order valence-electron chi connectivity index (χ3n) is 4.01. The van der Waals surface area contributed by atoms with Crippen LogP contribution >= 0.6 is 11.6 Å². The molecule has 2 amide bonds. The van der Waals surface area contributed by atoms with Crippen LogP contribution in [0.5, 0.6) is 0 Å². The van der Waals surface area contributed by atoms with E-state index in [0.29, 0.717) is 16.3 Å². The van der Waals surface area contributed by atoms with Crippen molar-refractivity contribution in [2.24, 2.45) is 0 Å². The van der Waals surface area contributed by atoms with Crippen molar-refractivity contribution in [1.82, 2.24) is 5.32 Å². The Morgan fingerprint density at radius 3 is 2.56 bits per heavy atom. The highest BCUT2D eigenvalue weighted by atomic mass is 35.5. The van der Waals surface area contributed by atoms with Crippen molar-refractivity contribution in [3.63, 3.8) is 0 Å². The quantitative estimate of drug-likeness (QED) is 0.682. The van der Waals surface area contributed by atoms with Crippen LogP contribution in [0.1, 0.15) is 11.1 Å².